The van der Waals surface area contributed by atoms with Crippen molar-refractivity contribution in [2.75, 3.05) is 6.61 Å². The molecular weight excluding hydrogens is 952 g/mol. The van der Waals surface area contributed by atoms with E-state index in [2.05, 4.69) is 9.47 Å². The number of hydrogen-bond donors (Lipinski definition) is 2. The Hall–Kier alpha value is -0.600. The van der Waals surface area contributed by atoms with Gasteiger partial charge in [-0.3, -0.25) is 4.55 Å². The summed E-state index contributed by atoms with van der Waals surface area (Å²) in [6.07, 6.45) is 0. The van der Waals surface area contributed by atoms with Gasteiger partial charge in [0.05, 0.1) is 11.1 Å². The molecule has 0 aliphatic rings. The summed E-state index contributed by atoms with van der Waals surface area (Å²) in [5.74, 6) is -16.6. The van der Waals surface area contributed by atoms with Gasteiger partial charge in [-0.25, -0.2) is 23.2 Å². The van der Waals surface area contributed by atoms with E-state index in [0.717, 1.165) is 0 Å². The predicted octanol–water partition coefficient (Wildman–Crippen LogP) is 4.37. The summed E-state index contributed by atoms with van der Waals surface area (Å²) in [5.41, 5.74) is -0.864. The minimum absolute atomic E-state index is 0.167. The lowest BCUT2D eigenvalue weighted by atomic mass is 10.1. The van der Waals surface area contributed by atoms with Gasteiger partial charge in [0.2, 0.25) is 17.4 Å². The molecule has 0 unspecified atom stereocenters. The molecular formula is C16H4F4I4O9S. The van der Waals surface area contributed by atoms with E-state index in [4.69, 9.17) is 4.55 Å². The van der Waals surface area contributed by atoms with Crippen LogP contribution >= 0.6 is 90.4 Å². The highest BCUT2D eigenvalue weighted by Gasteiger charge is 2.34. The number of halogens is 8. The molecule has 0 heterocycles. The fourth-order valence-electron chi connectivity index (χ4n) is 2.27. The molecule has 2 rings (SSSR count). The minimum atomic E-state index is -5.72. The van der Waals surface area contributed by atoms with Gasteiger partial charge in [-0.1, -0.05) is 0 Å². The third-order valence-corrected chi connectivity index (χ3v) is 11.9. The first kappa shape index (κ1) is 29.6. The number of rotatable bonds is 6. The molecule has 0 spiro atoms. The lowest BCUT2D eigenvalue weighted by molar-refractivity contribution is -0.138. The van der Waals surface area contributed by atoms with Crippen LogP contribution in [0.15, 0.2) is 4.90 Å². The van der Waals surface area contributed by atoms with E-state index in [1.54, 1.807) is 45.2 Å². The average Bonchev–Trinajstić information content (AvgIpc) is 2.73. The molecule has 0 fully saturated rings. The molecule has 0 saturated heterocycles. The van der Waals surface area contributed by atoms with E-state index in [1.807, 2.05) is 45.2 Å². The first-order valence-electron chi connectivity index (χ1n) is 7.82. The molecule has 2 N–H and O–H groups in total. The molecule has 9 nitrogen and oxygen atoms in total. The Morgan fingerprint density at radius 2 is 1.24 bits per heavy atom. The van der Waals surface area contributed by atoms with Crippen LogP contribution in [0.25, 0.3) is 0 Å². The molecule has 0 aliphatic heterocycles. The van der Waals surface area contributed by atoms with Crippen LogP contribution in [0.5, 0.6) is 5.75 Å². The molecule has 0 aromatic heterocycles. The maximum Gasteiger partial charge on any atom is 0.349 e. The van der Waals surface area contributed by atoms with Gasteiger partial charge in [-0.15, -0.1) is 0 Å². The van der Waals surface area contributed by atoms with E-state index in [0.29, 0.717) is 7.14 Å². The van der Waals surface area contributed by atoms with Gasteiger partial charge in [-0.2, -0.15) is 17.2 Å². The van der Waals surface area contributed by atoms with Crippen LogP contribution in [0.2, 0.25) is 0 Å². The molecule has 184 valence electrons. The third kappa shape index (κ3) is 5.86. The van der Waals surface area contributed by atoms with Crippen molar-refractivity contribution >= 4 is 118 Å². The molecule has 18 heteroatoms. The second kappa shape index (κ2) is 11.2. The van der Waals surface area contributed by atoms with Crippen molar-refractivity contribution in [3.63, 3.8) is 0 Å². The molecule has 0 amide bonds. The second-order valence-corrected chi connectivity index (χ2v) is 11.4. The standard InChI is InChI=1S/C16H4F4I4O9S/c17-5-7(19)14(34(29,30)31)8(20)6(18)13(5)33-2(25)1-32-16(28)4-3(15(26)27)9(21)11(23)12(24)10(4)22/h1H2,(H,26,27)(H,29,30,31). The fraction of sp³-hybridized carbons (Fsp3) is 0.0625. The number of ether oxygens (including phenoxy) is 2. The highest BCUT2D eigenvalue weighted by Crippen LogP contribution is 2.34. The van der Waals surface area contributed by atoms with Gasteiger partial charge >= 0.3 is 28.0 Å². The number of carboxylic acids is 1. The molecule has 0 atom stereocenters. The zero-order valence-corrected chi connectivity index (χ0v) is 24.8. The zero-order chi connectivity index (χ0) is 26.3. The van der Waals surface area contributed by atoms with E-state index < -0.39 is 79.7 Å². The van der Waals surface area contributed by atoms with Gasteiger partial charge in [0.1, 0.15) is 0 Å². The van der Waals surface area contributed by atoms with Crippen LogP contribution < -0.4 is 4.74 Å². The highest BCUT2D eigenvalue weighted by atomic mass is 127. The molecule has 0 bridgehead atoms. The lowest BCUT2D eigenvalue weighted by Gasteiger charge is -2.14. The fourth-order valence-corrected chi connectivity index (χ4v) is 6.54. The molecule has 0 aliphatic carbocycles. The van der Waals surface area contributed by atoms with Crippen LogP contribution in [0.3, 0.4) is 0 Å². The predicted molar refractivity (Wildman–Crippen MR) is 136 cm³/mol. The van der Waals surface area contributed by atoms with Crippen molar-refractivity contribution in [3.8, 4) is 5.75 Å². The monoisotopic (exact) mass is 956 g/mol. The van der Waals surface area contributed by atoms with Gasteiger partial charge in [0.25, 0.3) is 0 Å². The number of hydrogen-bond acceptors (Lipinski definition) is 7. The SMILES string of the molecule is O=C(COC(=O)c1c(I)c(I)c(I)c(I)c1C(=O)O)Oc1c(F)c(F)c(S(=O)(=O)O)c(F)c1F. The largest absolute Gasteiger partial charge is 0.478 e. The molecule has 0 saturated carbocycles. The van der Waals surface area contributed by atoms with Crippen molar-refractivity contribution in [2.45, 2.75) is 4.90 Å². The maximum atomic E-state index is 14.0. The summed E-state index contributed by atoms with van der Waals surface area (Å²) >= 11 is 7.07. The van der Waals surface area contributed by atoms with Crippen molar-refractivity contribution in [1.82, 2.24) is 0 Å². The lowest BCUT2D eigenvalue weighted by Crippen LogP contribution is -2.23. The van der Waals surface area contributed by atoms with Crippen LogP contribution in [0.4, 0.5) is 17.6 Å². The van der Waals surface area contributed by atoms with Gasteiger partial charge in [0, 0.05) is 14.3 Å². The van der Waals surface area contributed by atoms with Crippen molar-refractivity contribution in [3.05, 3.63) is 48.7 Å². The summed E-state index contributed by atoms with van der Waals surface area (Å²) in [6, 6.07) is 0. The quantitative estimate of drug-likeness (QED) is 0.0822. The van der Waals surface area contributed by atoms with Crippen molar-refractivity contribution in [1.29, 1.82) is 0 Å². The summed E-state index contributed by atoms with van der Waals surface area (Å²) in [5, 5.41) is 9.47. The molecule has 2 aromatic rings. The summed E-state index contributed by atoms with van der Waals surface area (Å²) in [4.78, 5) is 33.7. The number of benzene rings is 2. The van der Waals surface area contributed by atoms with E-state index >= 15 is 0 Å². The smallest absolute Gasteiger partial charge is 0.349 e. The number of carbonyl (C=O) groups is 3. The second-order valence-electron chi connectivity index (χ2n) is 5.75. The Morgan fingerprint density at radius 1 is 0.794 bits per heavy atom. The minimum Gasteiger partial charge on any atom is -0.478 e. The van der Waals surface area contributed by atoms with E-state index in [9.17, 15) is 45.5 Å². The van der Waals surface area contributed by atoms with Gasteiger partial charge in [0.15, 0.2) is 23.1 Å². The zero-order valence-electron chi connectivity index (χ0n) is 15.4. The van der Waals surface area contributed by atoms with Crippen LogP contribution in [-0.4, -0.2) is 42.6 Å². The van der Waals surface area contributed by atoms with Crippen molar-refractivity contribution < 1.29 is 59.5 Å². The Morgan fingerprint density at radius 3 is 1.65 bits per heavy atom. The first-order valence-corrected chi connectivity index (χ1v) is 13.6. The normalized spacial score (nSPS) is 11.3. The van der Waals surface area contributed by atoms with Crippen LogP contribution in [0, 0.1) is 37.5 Å². The Balaban J connectivity index is 2.35. The Labute approximate surface area is 241 Å². The van der Waals surface area contributed by atoms with Crippen LogP contribution in [0.1, 0.15) is 20.7 Å². The Bertz CT molecular complexity index is 1340. The number of aromatic carboxylic acids is 1. The Kier molecular flexibility index (Phi) is 9.76. The first-order chi connectivity index (χ1) is 15.5. The van der Waals surface area contributed by atoms with E-state index in [-0.39, 0.29) is 7.14 Å². The molecule has 0 radical (unpaired) electrons. The summed E-state index contributed by atoms with van der Waals surface area (Å²) in [6.45, 7) is -1.38. The molecule has 34 heavy (non-hydrogen) atoms. The summed E-state index contributed by atoms with van der Waals surface area (Å²) in [7, 11) is -5.72. The molecule has 2 aromatic carbocycles. The average molecular weight is 956 g/mol. The van der Waals surface area contributed by atoms with E-state index in [1.165, 1.54) is 0 Å². The number of carbonyl (C=O) groups excluding carboxylic acids is 2. The third-order valence-electron chi connectivity index (χ3n) is 3.66. The van der Waals surface area contributed by atoms with Gasteiger partial charge < -0.3 is 14.6 Å². The van der Waals surface area contributed by atoms with Crippen molar-refractivity contribution in [2.24, 2.45) is 0 Å². The van der Waals surface area contributed by atoms with Crippen LogP contribution in [-0.2, 0) is 19.6 Å². The number of esters is 2. The maximum absolute atomic E-state index is 14.0. The van der Waals surface area contributed by atoms with Gasteiger partial charge in [-0.05, 0) is 90.4 Å². The summed E-state index contributed by atoms with van der Waals surface area (Å²) < 4.78 is 96.3. The highest BCUT2D eigenvalue weighted by molar-refractivity contribution is 14.1. The number of carboxylic acid groups (broad SMARTS) is 1. The topological polar surface area (TPSA) is 144 Å².